The molecule has 0 N–H and O–H groups in total. The summed E-state index contributed by atoms with van der Waals surface area (Å²) in [4.78, 5) is 11.2. The van der Waals surface area contributed by atoms with Gasteiger partial charge in [0, 0.05) is 5.92 Å². The summed E-state index contributed by atoms with van der Waals surface area (Å²) >= 11 is 0. The Morgan fingerprint density at radius 1 is 1.46 bits per heavy atom. The Morgan fingerprint density at radius 2 is 2.15 bits per heavy atom. The first-order valence-electron chi connectivity index (χ1n) is 5.01. The summed E-state index contributed by atoms with van der Waals surface area (Å²) in [6.45, 7) is 6.07. The van der Waals surface area contributed by atoms with Gasteiger partial charge in [0.1, 0.15) is 0 Å². The molecule has 0 saturated carbocycles. The topological polar surface area (TPSA) is 35.5 Å². The van der Waals surface area contributed by atoms with Crippen molar-refractivity contribution in [2.24, 2.45) is 5.92 Å². The molecule has 0 aliphatic carbocycles. The van der Waals surface area contributed by atoms with E-state index in [1.54, 1.807) is 0 Å². The highest BCUT2D eigenvalue weighted by atomic mass is 16.8. The second-order valence-corrected chi connectivity index (χ2v) is 3.82. The van der Waals surface area contributed by atoms with Gasteiger partial charge in [-0.05, 0) is 6.42 Å². The van der Waals surface area contributed by atoms with E-state index in [1.165, 1.54) is 0 Å². The number of cyclic esters (lactones) is 1. The van der Waals surface area contributed by atoms with Crippen molar-refractivity contribution in [2.45, 2.75) is 52.4 Å². The molecule has 0 spiro atoms. The smallest absolute Gasteiger partial charge is 0.337 e. The van der Waals surface area contributed by atoms with Crippen LogP contribution in [0.2, 0.25) is 0 Å². The normalized spacial score (nSPS) is 28.2. The minimum Gasteiger partial charge on any atom is -0.434 e. The number of hydrogen-bond acceptors (Lipinski definition) is 3. The zero-order valence-electron chi connectivity index (χ0n) is 8.58. The third-order valence-corrected chi connectivity index (χ3v) is 2.16. The van der Waals surface area contributed by atoms with Crippen LogP contribution < -0.4 is 0 Å². The first kappa shape index (κ1) is 10.5. The van der Waals surface area contributed by atoms with Crippen LogP contribution in [0.1, 0.15) is 40.0 Å². The van der Waals surface area contributed by atoms with E-state index in [2.05, 4.69) is 6.92 Å². The van der Waals surface area contributed by atoms with Gasteiger partial charge in [-0.25, -0.2) is 4.79 Å². The van der Waals surface area contributed by atoms with Crippen molar-refractivity contribution in [3.05, 3.63) is 0 Å². The van der Waals surface area contributed by atoms with Crippen LogP contribution in [0.4, 0.5) is 0 Å². The van der Waals surface area contributed by atoms with E-state index in [4.69, 9.17) is 9.47 Å². The first-order valence-corrected chi connectivity index (χ1v) is 5.01. The van der Waals surface area contributed by atoms with Crippen molar-refractivity contribution >= 4 is 5.97 Å². The molecule has 2 unspecified atom stereocenters. The van der Waals surface area contributed by atoms with Gasteiger partial charge in [0.15, 0.2) is 6.10 Å². The van der Waals surface area contributed by atoms with Crippen LogP contribution in [0, 0.1) is 5.92 Å². The van der Waals surface area contributed by atoms with Crippen LogP contribution >= 0.6 is 0 Å². The number of ether oxygens (including phenoxy) is 2. The van der Waals surface area contributed by atoms with E-state index in [9.17, 15) is 4.79 Å². The average Bonchev–Trinajstić information content (AvgIpc) is 2.44. The lowest BCUT2D eigenvalue weighted by Gasteiger charge is -2.12. The summed E-state index contributed by atoms with van der Waals surface area (Å²) in [7, 11) is 0. The maximum absolute atomic E-state index is 11.2. The quantitative estimate of drug-likeness (QED) is 0.631. The van der Waals surface area contributed by atoms with Crippen LogP contribution in [0.5, 0.6) is 0 Å². The highest BCUT2D eigenvalue weighted by molar-refractivity contribution is 5.76. The van der Waals surface area contributed by atoms with Crippen molar-refractivity contribution in [1.82, 2.24) is 0 Å². The van der Waals surface area contributed by atoms with E-state index < -0.39 is 0 Å². The summed E-state index contributed by atoms with van der Waals surface area (Å²) in [5.74, 6) is 0.0581. The number of carbonyl (C=O) groups excluding carboxylic acids is 1. The number of carbonyl (C=O) groups is 1. The van der Waals surface area contributed by atoms with E-state index >= 15 is 0 Å². The van der Waals surface area contributed by atoms with Crippen LogP contribution in [0.3, 0.4) is 0 Å². The molecule has 1 fully saturated rings. The molecule has 2 atom stereocenters. The molecule has 1 rings (SSSR count). The van der Waals surface area contributed by atoms with Gasteiger partial charge in [-0.1, -0.05) is 33.6 Å². The van der Waals surface area contributed by atoms with Gasteiger partial charge in [-0.15, -0.1) is 0 Å². The molecule has 1 saturated heterocycles. The Bertz CT molecular complexity index is 177. The van der Waals surface area contributed by atoms with Gasteiger partial charge in [-0.2, -0.15) is 0 Å². The molecule has 0 aromatic carbocycles. The Kier molecular flexibility index (Phi) is 3.72. The highest BCUT2D eigenvalue weighted by Gasteiger charge is 2.35. The maximum Gasteiger partial charge on any atom is 0.337 e. The lowest BCUT2D eigenvalue weighted by Crippen LogP contribution is -2.17. The molecule has 3 nitrogen and oxygen atoms in total. The molecule has 3 heteroatoms. The summed E-state index contributed by atoms with van der Waals surface area (Å²) in [5.41, 5.74) is 0. The van der Waals surface area contributed by atoms with Gasteiger partial charge in [-0.3, -0.25) is 0 Å². The third kappa shape index (κ3) is 2.69. The van der Waals surface area contributed by atoms with Crippen molar-refractivity contribution in [3.8, 4) is 0 Å². The minimum absolute atomic E-state index is 0.188. The molecule has 0 aromatic rings. The fraction of sp³-hybridized carbons (Fsp3) is 0.900. The molecule has 0 aromatic heterocycles. The van der Waals surface area contributed by atoms with Gasteiger partial charge in [0.25, 0.3) is 0 Å². The second-order valence-electron chi connectivity index (χ2n) is 3.82. The molecule has 1 aliphatic heterocycles. The molecule has 76 valence electrons. The van der Waals surface area contributed by atoms with Gasteiger partial charge < -0.3 is 9.47 Å². The Labute approximate surface area is 79.4 Å². The maximum atomic E-state index is 11.2. The van der Waals surface area contributed by atoms with Crippen LogP contribution in [-0.2, 0) is 14.3 Å². The molecule has 1 aliphatic rings. The van der Waals surface area contributed by atoms with Crippen molar-refractivity contribution in [2.75, 3.05) is 0 Å². The third-order valence-electron chi connectivity index (χ3n) is 2.16. The monoisotopic (exact) mass is 186 g/mol. The van der Waals surface area contributed by atoms with Crippen molar-refractivity contribution < 1.29 is 14.3 Å². The number of rotatable bonds is 4. The van der Waals surface area contributed by atoms with Crippen molar-refractivity contribution in [1.29, 1.82) is 0 Å². The van der Waals surface area contributed by atoms with Crippen LogP contribution in [-0.4, -0.2) is 18.4 Å². The second kappa shape index (κ2) is 4.61. The molecule has 1 heterocycles. The SMILES string of the molecule is CCCCC1OC(C(C)C)OC1=O. The lowest BCUT2D eigenvalue weighted by atomic mass is 10.2. The average molecular weight is 186 g/mol. The Balaban J connectivity index is 2.37. The number of unbranched alkanes of at least 4 members (excludes halogenated alkanes) is 1. The molecule has 0 bridgehead atoms. The van der Waals surface area contributed by atoms with Crippen LogP contribution in [0.15, 0.2) is 0 Å². The predicted molar refractivity (Wildman–Crippen MR) is 49.1 cm³/mol. The van der Waals surface area contributed by atoms with E-state index in [1.807, 2.05) is 13.8 Å². The molecule has 13 heavy (non-hydrogen) atoms. The van der Waals surface area contributed by atoms with E-state index in [-0.39, 0.29) is 24.3 Å². The van der Waals surface area contributed by atoms with Crippen LogP contribution in [0.25, 0.3) is 0 Å². The summed E-state index contributed by atoms with van der Waals surface area (Å²) < 4.78 is 10.5. The zero-order valence-corrected chi connectivity index (χ0v) is 8.58. The molecule has 0 radical (unpaired) electrons. The van der Waals surface area contributed by atoms with E-state index in [0.29, 0.717) is 0 Å². The van der Waals surface area contributed by atoms with E-state index in [0.717, 1.165) is 19.3 Å². The summed E-state index contributed by atoms with van der Waals surface area (Å²) in [6, 6.07) is 0. The van der Waals surface area contributed by atoms with Gasteiger partial charge in [0.2, 0.25) is 6.29 Å². The predicted octanol–water partition coefficient (Wildman–Crippen LogP) is 2.10. The number of hydrogen-bond donors (Lipinski definition) is 0. The molecular formula is C10H18O3. The Hall–Kier alpha value is -0.570. The Morgan fingerprint density at radius 3 is 2.62 bits per heavy atom. The fourth-order valence-corrected chi connectivity index (χ4v) is 1.30. The lowest BCUT2D eigenvalue weighted by molar-refractivity contribution is -0.146. The van der Waals surface area contributed by atoms with Gasteiger partial charge in [0.05, 0.1) is 0 Å². The van der Waals surface area contributed by atoms with Gasteiger partial charge >= 0.3 is 5.97 Å². The fourth-order valence-electron chi connectivity index (χ4n) is 1.30. The molecule has 0 amide bonds. The highest BCUT2D eigenvalue weighted by Crippen LogP contribution is 2.22. The summed E-state index contributed by atoms with van der Waals surface area (Å²) in [6.07, 6.45) is 2.25. The molecular weight excluding hydrogens is 168 g/mol. The van der Waals surface area contributed by atoms with Crippen molar-refractivity contribution in [3.63, 3.8) is 0 Å². The zero-order chi connectivity index (χ0) is 9.84. The first-order chi connectivity index (χ1) is 6.15. The standard InChI is InChI=1S/C10H18O3/c1-4-5-6-8-9(11)13-10(12-8)7(2)3/h7-8,10H,4-6H2,1-3H3. The number of esters is 1. The summed E-state index contributed by atoms with van der Waals surface area (Å²) in [5, 5.41) is 0. The minimum atomic E-state index is -0.325. The largest absolute Gasteiger partial charge is 0.434 e.